The highest BCUT2D eigenvalue weighted by molar-refractivity contribution is 5.89. The van der Waals surface area contributed by atoms with E-state index in [0.717, 1.165) is 25.9 Å². The number of ether oxygens (including phenoxy) is 1. The van der Waals surface area contributed by atoms with E-state index in [1.807, 2.05) is 25.8 Å². The first-order valence-electron chi connectivity index (χ1n) is 8.16. The number of carbonyl (C=O) groups excluding carboxylic acids is 1. The Morgan fingerprint density at radius 3 is 2.87 bits per heavy atom. The first-order chi connectivity index (χ1) is 11.0. The fourth-order valence-corrected chi connectivity index (χ4v) is 2.54. The molecule has 1 saturated heterocycles. The Bertz CT molecular complexity index is 531. The minimum absolute atomic E-state index is 0.199. The molecule has 1 atom stereocenters. The van der Waals surface area contributed by atoms with E-state index in [4.69, 9.17) is 4.74 Å². The van der Waals surface area contributed by atoms with Crippen LogP contribution in [-0.2, 0) is 4.74 Å². The molecule has 1 aromatic rings. The van der Waals surface area contributed by atoms with E-state index >= 15 is 0 Å². The molecule has 1 aliphatic rings. The Balaban J connectivity index is 1.82. The molecule has 128 valence electrons. The van der Waals surface area contributed by atoms with E-state index in [1.165, 1.54) is 6.07 Å². The highest BCUT2D eigenvalue weighted by Crippen LogP contribution is 2.23. The smallest absolute Gasteiger partial charge is 0.319 e. The second kappa shape index (κ2) is 8.15. The van der Waals surface area contributed by atoms with Gasteiger partial charge in [0, 0.05) is 31.9 Å². The van der Waals surface area contributed by atoms with Crippen molar-refractivity contribution in [3.63, 3.8) is 0 Å². The van der Waals surface area contributed by atoms with Crippen LogP contribution < -0.4 is 15.5 Å². The molecule has 2 N–H and O–H groups in total. The van der Waals surface area contributed by atoms with Crippen LogP contribution in [0.4, 0.5) is 20.6 Å². The normalized spacial score (nSPS) is 17.3. The predicted molar refractivity (Wildman–Crippen MR) is 90.6 cm³/mol. The molecular formula is C17H26FN3O2. The summed E-state index contributed by atoms with van der Waals surface area (Å²) in [5.74, 6) is -0.349. The van der Waals surface area contributed by atoms with E-state index in [2.05, 4.69) is 10.6 Å². The molecule has 1 aliphatic heterocycles. The van der Waals surface area contributed by atoms with E-state index in [0.29, 0.717) is 17.9 Å². The predicted octanol–water partition coefficient (Wildman–Crippen LogP) is 3.36. The first kappa shape index (κ1) is 17.5. The lowest BCUT2D eigenvalue weighted by atomic mass is 10.2. The number of carbonyl (C=O) groups is 1. The van der Waals surface area contributed by atoms with Crippen molar-refractivity contribution in [2.24, 2.45) is 0 Å². The number of urea groups is 1. The van der Waals surface area contributed by atoms with Crippen LogP contribution in [0.15, 0.2) is 18.2 Å². The maximum atomic E-state index is 14.1. The lowest BCUT2D eigenvalue weighted by Crippen LogP contribution is -2.31. The Hall–Kier alpha value is -1.82. The molecular weight excluding hydrogens is 297 g/mol. The van der Waals surface area contributed by atoms with Crippen molar-refractivity contribution in [2.75, 3.05) is 30.4 Å². The average molecular weight is 323 g/mol. The summed E-state index contributed by atoms with van der Waals surface area (Å²) in [6.45, 7) is 5.35. The number of halogens is 1. The molecule has 0 aliphatic carbocycles. The van der Waals surface area contributed by atoms with Gasteiger partial charge in [0.2, 0.25) is 0 Å². The minimum atomic E-state index is -0.349. The molecule has 6 heteroatoms. The quantitative estimate of drug-likeness (QED) is 0.844. The van der Waals surface area contributed by atoms with Gasteiger partial charge in [-0.2, -0.15) is 0 Å². The Morgan fingerprint density at radius 1 is 1.48 bits per heavy atom. The van der Waals surface area contributed by atoms with Crippen LogP contribution in [0.25, 0.3) is 0 Å². The number of amides is 2. The van der Waals surface area contributed by atoms with Crippen molar-refractivity contribution >= 4 is 17.4 Å². The summed E-state index contributed by atoms with van der Waals surface area (Å²) in [7, 11) is 1.84. The summed E-state index contributed by atoms with van der Waals surface area (Å²) in [5.41, 5.74) is 0.961. The number of nitrogens with zero attached hydrogens (tertiary/aromatic N) is 1. The van der Waals surface area contributed by atoms with Crippen LogP contribution in [0.5, 0.6) is 0 Å². The molecule has 1 fully saturated rings. The van der Waals surface area contributed by atoms with E-state index < -0.39 is 0 Å². The zero-order valence-electron chi connectivity index (χ0n) is 14.1. The van der Waals surface area contributed by atoms with Gasteiger partial charge in [0.15, 0.2) is 0 Å². The van der Waals surface area contributed by atoms with Crippen molar-refractivity contribution in [1.82, 2.24) is 5.32 Å². The number of benzene rings is 1. The van der Waals surface area contributed by atoms with Gasteiger partial charge in [0.05, 0.1) is 11.8 Å². The second-order valence-corrected chi connectivity index (χ2v) is 6.18. The van der Waals surface area contributed by atoms with E-state index in [1.54, 1.807) is 12.1 Å². The van der Waals surface area contributed by atoms with Gasteiger partial charge in [-0.25, -0.2) is 9.18 Å². The third-order valence-electron chi connectivity index (χ3n) is 4.14. The Labute approximate surface area is 137 Å². The third-order valence-corrected chi connectivity index (χ3v) is 4.14. The van der Waals surface area contributed by atoms with Crippen molar-refractivity contribution in [3.05, 3.63) is 24.0 Å². The molecule has 5 nitrogen and oxygen atoms in total. The lowest BCUT2D eigenvalue weighted by Gasteiger charge is -2.24. The van der Waals surface area contributed by atoms with Gasteiger partial charge in [-0.15, -0.1) is 0 Å². The van der Waals surface area contributed by atoms with E-state index in [-0.39, 0.29) is 24.0 Å². The van der Waals surface area contributed by atoms with Crippen molar-refractivity contribution in [2.45, 2.75) is 45.3 Å². The molecule has 2 amide bonds. The standard InChI is InChI=1S/C17H26FN3O2/c1-12(2)21(3)16-7-6-13(11-15(16)18)20-17(22)19-9-8-14-5-4-10-23-14/h6-7,11-12,14H,4-5,8-10H2,1-3H3,(H2,19,20,22)/t14-/m1/s1. The number of anilines is 2. The zero-order chi connectivity index (χ0) is 16.8. The van der Waals surface area contributed by atoms with Crippen LogP contribution in [0.2, 0.25) is 0 Å². The number of nitrogens with one attached hydrogen (secondary N) is 2. The Morgan fingerprint density at radius 2 is 2.26 bits per heavy atom. The van der Waals surface area contributed by atoms with Crippen LogP contribution in [-0.4, -0.2) is 38.4 Å². The molecule has 0 saturated carbocycles. The zero-order valence-corrected chi connectivity index (χ0v) is 14.1. The minimum Gasteiger partial charge on any atom is -0.378 e. The molecule has 0 radical (unpaired) electrons. The van der Waals surface area contributed by atoms with Gasteiger partial charge in [0.25, 0.3) is 0 Å². The topological polar surface area (TPSA) is 53.6 Å². The maximum absolute atomic E-state index is 14.1. The molecule has 0 unspecified atom stereocenters. The fraction of sp³-hybridized carbons (Fsp3) is 0.588. The molecule has 23 heavy (non-hydrogen) atoms. The van der Waals surface area contributed by atoms with Gasteiger partial charge in [-0.05, 0) is 51.3 Å². The summed E-state index contributed by atoms with van der Waals surface area (Å²) in [4.78, 5) is 13.7. The van der Waals surface area contributed by atoms with Gasteiger partial charge >= 0.3 is 6.03 Å². The summed E-state index contributed by atoms with van der Waals surface area (Å²) in [5, 5.41) is 5.42. The monoisotopic (exact) mass is 323 g/mol. The highest BCUT2D eigenvalue weighted by atomic mass is 19.1. The van der Waals surface area contributed by atoms with Crippen molar-refractivity contribution in [1.29, 1.82) is 0 Å². The van der Waals surface area contributed by atoms with Crippen molar-refractivity contribution < 1.29 is 13.9 Å². The molecule has 0 aromatic heterocycles. The van der Waals surface area contributed by atoms with Crippen LogP contribution in [0.3, 0.4) is 0 Å². The maximum Gasteiger partial charge on any atom is 0.319 e. The summed E-state index contributed by atoms with van der Waals surface area (Å²) >= 11 is 0. The number of hydrogen-bond acceptors (Lipinski definition) is 3. The summed E-state index contributed by atoms with van der Waals surface area (Å²) in [6, 6.07) is 4.60. The largest absolute Gasteiger partial charge is 0.378 e. The van der Waals surface area contributed by atoms with Crippen LogP contribution in [0, 0.1) is 5.82 Å². The number of hydrogen-bond donors (Lipinski definition) is 2. The third kappa shape index (κ3) is 5.10. The molecule has 2 rings (SSSR count). The highest BCUT2D eigenvalue weighted by Gasteiger charge is 2.15. The van der Waals surface area contributed by atoms with Gasteiger partial charge in [-0.1, -0.05) is 0 Å². The molecule has 0 spiro atoms. The number of rotatable bonds is 6. The van der Waals surface area contributed by atoms with Crippen molar-refractivity contribution in [3.8, 4) is 0 Å². The Kier molecular flexibility index (Phi) is 6.21. The first-order valence-corrected chi connectivity index (χ1v) is 8.16. The molecule has 1 heterocycles. The molecule has 0 bridgehead atoms. The van der Waals surface area contributed by atoms with Gasteiger partial charge in [-0.3, -0.25) is 0 Å². The summed E-state index contributed by atoms with van der Waals surface area (Å²) < 4.78 is 19.6. The summed E-state index contributed by atoms with van der Waals surface area (Å²) in [6.07, 6.45) is 3.20. The van der Waals surface area contributed by atoms with Gasteiger partial charge in [0.1, 0.15) is 5.82 Å². The fourth-order valence-electron chi connectivity index (χ4n) is 2.54. The average Bonchev–Trinajstić information content (AvgIpc) is 3.00. The van der Waals surface area contributed by atoms with E-state index in [9.17, 15) is 9.18 Å². The van der Waals surface area contributed by atoms with Crippen LogP contribution >= 0.6 is 0 Å². The van der Waals surface area contributed by atoms with Gasteiger partial charge < -0.3 is 20.3 Å². The van der Waals surface area contributed by atoms with Crippen LogP contribution in [0.1, 0.15) is 33.1 Å². The second-order valence-electron chi connectivity index (χ2n) is 6.18. The SMILES string of the molecule is CC(C)N(C)c1ccc(NC(=O)NCC[C@H]2CCCO2)cc1F. The lowest BCUT2D eigenvalue weighted by molar-refractivity contribution is 0.105. The molecule has 1 aromatic carbocycles.